The standard InChI is InChI=1S/C16H20BrNS/c1-4-9-18-16(15-8-6-12(3)19-15)13-10-11(2)5-7-14(13)17/h5-8,10,16,18H,4,9H2,1-3H3. The number of nitrogens with one attached hydrogen (secondary N) is 1. The van der Waals surface area contributed by atoms with Crippen molar-refractivity contribution in [2.75, 3.05) is 6.54 Å². The lowest BCUT2D eigenvalue weighted by Gasteiger charge is -2.19. The fourth-order valence-corrected chi connectivity index (χ4v) is 3.59. The molecule has 0 aliphatic carbocycles. The van der Waals surface area contributed by atoms with Crippen LogP contribution >= 0.6 is 27.3 Å². The van der Waals surface area contributed by atoms with Gasteiger partial charge in [-0.05, 0) is 50.6 Å². The van der Waals surface area contributed by atoms with Crippen molar-refractivity contribution in [2.24, 2.45) is 0 Å². The smallest absolute Gasteiger partial charge is 0.0682 e. The first-order chi connectivity index (χ1) is 9.11. The zero-order valence-electron chi connectivity index (χ0n) is 11.7. The summed E-state index contributed by atoms with van der Waals surface area (Å²) < 4.78 is 1.18. The molecule has 1 unspecified atom stereocenters. The quantitative estimate of drug-likeness (QED) is 0.788. The molecule has 0 amide bonds. The van der Waals surface area contributed by atoms with Crippen molar-refractivity contribution in [1.29, 1.82) is 0 Å². The molecule has 2 rings (SSSR count). The summed E-state index contributed by atoms with van der Waals surface area (Å²) >= 11 is 5.56. The Hall–Kier alpha value is -0.640. The predicted octanol–water partition coefficient (Wildman–Crippen LogP) is 5.22. The maximum Gasteiger partial charge on any atom is 0.0682 e. The molecule has 0 radical (unpaired) electrons. The van der Waals surface area contributed by atoms with Crippen LogP contribution in [0, 0.1) is 13.8 Å². The predicted molar refractivity (Wildman–Crippen MR) is 88.1 cm³/mol. The van der Waals surface area contributed by atoms with E-state index in [9.17, 15) is 0 Å². The maximum atomic E-state index is 3.69. The summed E-state index contributed by atoms with van der Waals surface area (Å²) in [6, 6.07) is 11.3. The molecular weight excluding hydrogens is 318 g/mol. The van der Waals surface area contributed by atoms with Crippen LogP contribution in [0.25, 0.3) is 0 Å². The van der Waals surface area contributed by atoms with Crippen LogP contribution in [0.4, 0.5) is 0 Å². The van der Waals surface area contributed by atoms with Crippen LogP contribution in [0.1, 0.15) is 40.3 Å². The molecule has 1 aromatic carbocycles. The fraction of sp³-hybridized carbons (Fsp3) is 0.375. The van der Waals surface area contributed by atoms with Gasteiger partial charge in [0.15, 0.2) is 0 Å². The first-order valence-electron chi connectivity index (χ1n) is 6.67. The zero-order valence-corrected chi connectivity index (χ0v) is 14.1. The maximum absolute atomic E-state index is 3.69. The summed E-state index contributed by atoms with van der Waals surface area (Å²) in [7, 11) is 0. The van der Waals surface area contributed by atoms with Crippen molar-refractivity contribution in [3.63, 3.8) is 0 Å². The van der Waals surface area contributed by atoms with Gasteiger partial charge in [-0.3, -0.25) is 0 Å². The number of rotatable bonds is 5. The Labute approximate surface area is 128 Å². The average molecular weight is 338 g/mol. The minimum Gasteiger partial charge on any atom is -0.306 e. The van der Waals surface area contributed by atoms with E-state index < -0.39 is 0 Å². The third-order valence-electron chi connectivity index (χ3n) is 3.11. The molecular formula is C16H20BrNS. The summed E-state index contributed by atoms with van der Waals surface area (Å²) in [6.07, 6.45) is 1.14. The van der Waals surface area contributed by atoms with Gasteiger partial charge in [-0.1, -0.05) is 40.5 Å². The van der Waals surface area contributed by atoms with Gasteiger partial charge in [0.25, 0.3) is 0 Å². The first kappa shape index (κ1) is 14.8. The average Bonchev–Trinajstić information content (AvgIpc) is 2.80. The van der Waals surface area contributed by atoms with E-state index in [2.05, 4.69) is 72.3 Å². The van der Waals surface area contributed by atoms with Crippen LogP contribution in [-0.4, -0.2) is 6.54 Å². The van der Waals surface area contributed by atoms with Crippen molar-refractivity contribution < 1.29 is 0 Å². The Bertz CT molecular complexity index is 547. The van der Waals surface area contributed by atoms with Gasteiger partial charge in [0.1, 0.15) is 0 Å². The van der Waals surface area contributed by atoms with E-state index >= 15 is 0 Å². The van der Waals surface area contributed by atoms with Gasteiger partial charge < -0.3 is 5.32 Å². The highest BCUT2D eigenvalue weighted by Crippen LogP contribution is 2.33. The number of benzene rings is 1. The molecule has 0 aliphatic heterocycles. The summed E-state index contributed by atoms with van der Waals surface area (Å²) in [5.41, 5.74) is 2.63. The number of hydrogen-bond donors (Lipinski definition) is 1. The molecule has 0 aliphatic rings. The van der Waals surface area contributed by atoms with Crippen molar-refractivity contribution in [2.45, 2.75) is 33.2 Å². The highest BCUT2D eigenvalue weighted by atomic mass is 79.9. The highest BCUT2D eigenvalue weighted by molar-refractivity contribution is 9.10. The first-order valence-corrected chi connectivity index (χ1v) is 8.28. The summed E-state index contributed by atoms with van der Waals surface area (Å²) in [6.45, 7) is 7.54. The minimum atomic E-state index is 0.285. The second-order valence-electron chi connectivity index (χ2n) is 4.86. The Kier molecular flexibility index (Phi) is 5.20. The number of halogens is 1. The van der Waals surface area contributed by atoms with Crippen LogP contribution < -0.4 is 5.32 Å². The lowest BCUT2D eigenvalue weighted by atomic mass is 10.0. The van der Waals surface area contributed by atoms with E-state index in [0.29, 0.717) is 0 Å². The molecule has 1 nitrogen and oxygen atoms in total. The second-order valence-corrected chi connectivity index (χ2v) is 7.03. The topological polar surface area (TPSA) is 12.0 Å². The van der Waals surface area contributed by atoms with Gasteiger partial charge in [-0.25, -0.2) is 0 Å². The van der Waals surface area contributed by atoms with Crippen LogP contribution in [0.2, 0.25) is 0 Å². The third kappa shape index (κ3) is 3.68. The molecule has 1 atom stereocenters. The van der Waals surface area contributed by atoms with E-state index in [4.69, 9.17) is 0 Å². The van der Waals surface area contributed by atoms with Crippen molar-refractivity contribution in [1.82, 2.24) is 5.32 Å². The second kappa shape index (κ2) is 6.69. The number of aryl methyl sites for hydroxylation is 2. The molecule has 0 bridgehead atoms. The van der Waals surface area contributed by atoms with Crippen molar-refractivity contribution >= 4 is 27.3 Å². The molecule has 0 saturated heterocycles. The summed E-state index contributed by atoms with van der Waals surface area (Å²) in [4.78, 5) is 2.75. The Morgan fingerprint density at radius 1 is 1.21 bits per heavy atom. The Balaban J connectivity index is 2.39. The van der Waals surface area contributed by atoms with Crippen LogP contribution in [0.3, 0.4) is 0 Å². The molecule has 0 saturated carbocycles. The van der Waals surface area contributed by atoms with Crippen LogP contribution in [0.5, 0.6) is 0 Å². The van der Waals surface area contributed by atoms with Gasteiger partial charge >= 0.3 is 0 Å². The van der Waals surface area contributed by atoms with Gasteiger partial charge in [-0.15, -0.1) is 11.3 Å². The molecule has 1 heterocycles. The normalized spacial score (nSPS) is 12.6. The molecule has 19 heavy (non-hydrogen) atoms. The van der Waals surface area contributed by atoms with E-state index in [1.807, 2.05) is 11.3 Å². The molecule has 2 aromatic rings. The summed E-state index contributed by atoms with van der Waals surface area (Å²) in [5, 5.41) is 3.66. The zero-order chi connectivity index (χ0) is 13.8. The minimum absolute atomic E-state index is 0.285. The molecule has 0 spiro atoms. The largest absolute Gasteiger partial charge is 0.306 e. The van der Waals surface area contributed by atoms with Crippen LogP contribution in [0.15, 0.2) is 34.8 Å². The lowest BCUT2D eigenvalue weighted by molar-refractivity contribution is 0.604. The third-order valence-corrected chi connectivity index (χ3v) is 4.89. The fourth-order valence-electron chi connectivity index (χ4n) is 2.15. The van der Waals surface area contributed by atoms with Crippen molar-refractivity contribution in [3.8, 4) is 0 Å². The molecule has 1 N–H and O–H groups in total. The number of hydrogen-bond acceptors (Lipinski definition) is 2. The van der Waals surface area contributed by atoms with Crippen molar-refractivity contribution in [3.05, 3.63) is 55.7 Å². The van der Waals surface area contributed by atoms with Gasteiger partial charge in [-0.2, -0.15) is 0 Å². The molecule has 3 heteroatoms. The van der Waals surface area contributed by atoms with Gasteiger partial charge in [0.2, 0.25) is 0 Å². The summed E-state index contributed by atoms with van der Waals surface area (Å²) in [5.74, 6) is 0. The highest BCUT2D eigenvalue weighted by Gasteiger charge is 2.17. The van der Waals surface area contributed by atoms with E-state index in [-0.39, 0.29) is 6.04 Å². The van der Waals surface area contributed by atoms with Gasteiger partial charge in [0.05, 0.1) is 6.04 Å². The van der Waals surface area contributed by atoms with E-state index in [1.54, 1.807) is 0 Å². The molecule has 102 valence electrons. The Morgan fingerprint density at radius 2 is 2.00 bits per heavy atom. The van der Waals surface area contributed by atoms with E-state index in [1.165, 1.54) is 25.4 Å². The number of thiophene rings is 1. The van der Waals surface area contributed by atoms with Crippen LogP contribution in [-0.2, 0) is 0 Å². The monoisotopic (exact) mass is 337 g/mol. The SMILES string of the molecule is CCCNC(c1ccc(C)s1)c1cc(C)ccc1Br. The lowest BCUT2D eigenvalue weighted by Crippen LogP contribution is -2.22. The van der Waals surface area contributed by atoms with Gasteiger partial charge in [0, 0.05) is 14.2 Å². The molecule has 1 aromatic heterocycles. The Morgan fingerprint density at radius 3 is 2.63 bits per heavy atom. The van der Waals surface area contributed by atoms with E-state index in [0.717, 1.165) is 13.0 Å². The molecule has 0 fully saturated rings.